The zero-order valence-corrected chi connectivity index (χ0v) is 35.0. The molecule has 0 spiro atoms. The van der Waals surface area contributed by atoms with Crippen LogP contribution >= 0.6 is 0 Å². The molecule has 1 aromatic heterocycles. The molecule has 0 bridgehead atoms. The van der Waals surface area contributed by atoms with E-state index in [-0.39, 0.29) is 48.4 Å². The fourth-order valence-corrected chi connectivity index (χ4v) is 9.63. The number of alkyl halides is 3. The van der Waals surface area contributed by atoms with Gasteiger partial charge in [-0.15, -0.1) is 0 Å². The molecular formula is C40H53F3N6O9S. The minimum absolute atomic E-state index is 0.0531. The van der Waals surface area contributed by atoms with E-state index in [1.807, 2.05) is 20.8 Å². The minimum Gasteiger partial charge on any atom is -0.497 e. The molecule has 0 radical (unpaired) electrons. The number of benzene rings is 1. The number of rotatable bonds is 9. The lowest BCUT2D eigenvalue weighted by molar-refractivity contribution is -0.222. The van der Waals surface area contributed by atoms with Crippen molar-refractivity contribution in [3.05, 3.63) is 36.0 Å². The SMILES string of the molecule is COc1ccc2nc(C(C)C)c(O[C@@H]3C[C@H]4C(=O)N[C@]5(C(=O)NS(=O)(=O)C6CC6)C[C@H]5/C=C\CC[C@@H](C)C[C@@H](C)[C@H](N(C(=O)O)C(C)(C)C(F)(F)F)C(=O)N4C3)nc2c1. The van der Waals surface area contributed by atoms with Crippen LogP contribution in [0, 0.1) is 17.8 Å². The van der Waals surface area contributed by atoms with E-state index in [0.717, 1.165) is 4.90 Å². The Morgan fingerprint density at radius 3 is 2.39 bits per heavy atom. The highest BCUT2D eigenvalue weighted by molar-refractivity contribution is 7.91. The molecule has 15 nitrogen and oxygen atoms in total. The highest BCUT2D eigenvalue weighted by atomic mass is 32.2. The summed E-state index contributed by atoms with van der Waals surface area (Å²) in [5, 5.41) is 12.5. The number of ether oxygens (including phenoxy) is 2. The summed E-state index contributed by atoms with van der Waals surface area (Å²) in [5.41, 5.74) is -3.34. The number of hydrogen-bond acceptors (Lipinski definition) is 10. The van der Waals surface area contributed by atoms with Gasteiger partial charge in [0.2, 0.25) is 27.7 Å². The van der Waals surface area contributed by atoms with Gasteiger partial charge < -0.3 is 24.8 Å². The Bertz CT molecular complexity index is 2130. The number of methoxy groups -OCH3 is 1. The Kier molecular flexibility index (Phi) is 11.9. The van der Waals surface area contributed by atoms with Crippen LogP contribution in [0.5, 0.6) is 11.6 Å². The van der Waals surface area contributed by atoms with Crippen LogP contribution in [0.3, 0.4) is 0 Å². The number of allylic oxidation sites excluding steroid dienone is 1. The molecular weight excluding hydrogens is 798 g/mol. The number of amides is 4. The van der Waals surface area contributed by atoms with Crippen LogP contribution in [-0.4, -0.2) is 111 Å². The van der Waals surface area contributed by atoms with E-state index in [2.05, 4.69) is 10.0 Å². The number of fused-ring (bicyclic) bond motifs is 3. The van der Waals surface area contributed by atoms with Crippen molar-refractivity contribution in [2.45, 2.75) is 133 Å². The van der Waals surface area contributed by atoms with Gasteiger partial charge in [-0.05, 0) is 76.3 Å². The van der Waals surface area contributed by atoms with E-state index < -0.39 is 86.4 Å². The van der Waals surface area contributed by atoms with Crippen LogP contribution in [0.4, 0.5) is 18.0 Å². The second kappa shape index (κ2) is 16.1. The quantitative estimate of drug-likeness (QED) is 0.277. The molecule has 4 amide bonds. The summed E-state index contributed by atoms with van der Waals surface area (Å²) in [6.07, 6.45) is -2.83. The van der Waals surface area contributed by atoms with Gasteiger partial charge in [0.1, 0.15) is 40.7 Å². The molecule has 1 saturated heterocycles. The van der Waals surface area contributed by atoms with Crippen LogP contribution in [0.25, 0.3) is 11.0 Å². The maximum atomic E-state index is 15.0. The third kappa shape index (κ3) is 8.80. The third-order valence-corrected chi connectivity index (χ3v) is 13.9. The van der Waals surface area contributed by atoms with Crippen LogP contribution < -0.4 is 19.5 Å². The Morgan fingerprint density at radius 1 is 1.08 bits per heavy atom. The highest BCUT2D eigenvalue weighted by Crippen LogP contribution is 2.47. The number of carboxylic acid groups (broad SMARTS) is 1. The third-order valence-electron chi connectivity index (χ3n) is 12.0. The molecule has 7 atom stereocenters. The van der Waals surface area contributed by atoms with Crippen molar-refractivity contribution >= 4 is 44.9 Å². The second-order valence-corrected chi connectivity index (χ2v) is 19.3. The first-order valence-electron chi connectivity index (χ1n) is 20.0. The predicted molar refractivity (Wildman–Crippen MR) is 209 cm³/mol. The standard InChI is InChI=1S/C40H53F3N6O9S/c1-21(2)31-34(45-29-17-25(57-7)12-15-28(29)44-31)58-26-18-30-33(50)46-39(36(52)47-59(55,56)27-13-14-27)19-24(39)11-9-8-10-22(3)16-23(4)32(35(51)48(30)20-26)49(37(53)54)38(5,6)40(41,42)43/h9,11-12,15,17,21-24,26-27,30,32H,8,10,13-14,16,18-20H2,1-7H3,(H,46,50)(H,47,52)(H,53,54)/b11-9-/t22-,23-,24-,26-,30+,32+,39-/m1/s1. The average molecular weight is 851 g/mol. The number of nitrogens with one attached hydrogen (secondary N) is 2. The molecule has 0 unspecified atom stereocenters. The van der Waals surface area contributed by atoms with Crippen LogP contribution in [0.15, 0.2) is 30.4 Å². The molecule has 3 N–H and O–H groups in total. The number of aromatic nitrogens is 2. The summed E-state index contributed by atoms with van der Waals surface area (Å²) in [7, 11) is -2.54. The van der Waals surface area contributed by atoms with Gasteiger partial charge in [-0.3, -0.25) is 24.0 Å². The molecule has 324 valence electrons. The van der Waals surface area contributed by atoms with Crippen molar-refractivity contribution in [1.29, 1.82) is 0 Å². The van der Waals surface area contributed by atoms with Crippen molar-refractivity contribution in [3.8, 4) is 11.6 Å². The molecule has 3 heterocycles. The van der Waals surface area contributed by atoms with Crippen molar-refractivity contribution in [3.63, 3.8) is 0 Å². The summed E-state index contributed by atoms with van der Waals surface area (Å²) in [6.45, 7) is 8.12. The van der Waals surface area contributed by atoms with Crippen molar-refractivity contribution < 1.29 is 55.3 Å². The molecule has 2 aliphatic carbocycles. The fraction of sp³-hybridized carbons (Fsp3) is 0.650. The fourth-order valence-electron chi connectivity index (χ4n) is 8.26. The Labute approximate surface area is 341 Å². The maximum absolute atomic E-state index is 15.0. The lowest BCUT2D eigenvalue weighted by Crippen LogP contribution is -2.66. The van der Waals surface area contributed by atoms with E-state index in [1.54, 1.807) is 30.4 Å². The first-order valence-corrected chi connectivity index (χ1v) is 21.5. The smallest absolute Gasteiger partial charge is 0.411 e. The minimum atomic E-state index is -5.10. The van der Waals surface area contributed by atoms with Gasteiger partial charge in [-0.25, -0.2) is 23.2 Å². The summed E-state index contributed by atoms with van der Waals surface area (Å²) in [5.74, 6) is -4.26. The Morgan fingerprint density at radius 2 is 1.78 bits per heavy atom. The van der Waals surface area contributed by atoms with E-state index >= 15 is 4.79 Å². The monoisotopic (exact) mass is 850 g/mol. The molecule has 4 aliphatic rings. The Balaban J connectivity index is 1.44. The number of halogens is 3. The molecule has 6 rings (SSSR count). The largest absolute Gasteiger partial charge is 0.497 e. The lowest BCUT2D eigenvalue weighted by atomic mass is 9.85. The van der Waals surface area contributed by atoms with E-state index in [1.165, 1.54) is 14.0 Å². The van der Waals surface area contributed by atoms with E-state index in [9.17, 15) is 41.1 Å². The average Bonchev–Trinajstić information content (AvgIpc) is 4.07. The molecule has 19 heteroatoms. The van der Waals surface area contributed by atoms with Crippen LogP contribution in [0.2, 0.25) is 0 Å². The van der Waals surface area contributed by atoms with Gasteiger partial charge in [0, 0.05) is 24.3 Å². The molecule has 1 aromatic carbocycles. The molecule has 2 aliphatic heterocycles. The summed E-state index contributed by atoms with van der Waals surface area (Å²) >= 11 is 0. The highest BCUT2D eigenvalue weighted by Gasteiger charge is 2.63. The number of carbonyl (C=O) groups excluding carboxylic acids is 3. The normalized spacial score (nSPS) is 28.8. The van der Waals surface area contributed by atoms with Gasteiger partial charge in [-0.2, -0.15) is 13.2 Å². The summed E-state index contributed by atoms with van der Waals surface area (Å²) < 4.78 is 83.9. The van der Waals surface area contributed by atoms with Crippen LogP contribution in [0.1, 0.15) is 98.1 Å². The molecule has 2 saturated carbocycles. The number of nitrogens with zero attached hydrogens (tertiary/aromatic N) is 4. The van der Waals surface area contributed by atoms with Gasteiger partial charge >= 0.3 is 12.3 Å². The first kappa shape index (κ1) is 43.9. The van der Waals surface area contributed by atoms with Gasteiger partial charge in [0.15, 0.2) is 0 Å². The second-order valence-electron chi connectivity index (χ2n) is 17.3. The van der Waals surface area contributed by atoms with Gasteiger partial charge in [0.25, 0.3) is 5.91 Å². The maximum Gasteiger partial charge on any atom is 0.411 e. The van der Waals surface area contributed by atoms with Crippen molar-refractivity contribution in [2.24, 2.45) is 17.8 Å². The van der Waals surface area contributed by atoms with Crippen LogP contribution in [-0.2, 0) is 24.4 Å². The first-order chi connectivity index (χ1) is 27.5. The number of carbonyl (C=O) groups is 4. The number of hydrogen-bond donors (Lipinski definition) is 3. The zero-order chi connectivity index (χ0) is 43.4. The van der Waals surface area contributed by atoms with E-state index in [0.29, 0.717) is 62.0 Å². The predicted octanol–water partition coefficient (Wildman–Crippen LogP) is 5.30. The van der Waals surface area contributed by atoms with Gasteiger partial charge in [-0.1, -0.05) is 39.8 Å². The van der Waals surface area contributed by atoms with Crippen molar-refractivity contribution in [1.82, 2.24) is 29.8 Å². The lowest BCUT2D eigenvalue weighted by Gasteiger charge is -2.45. The summed E-state index contributed by atoms with van der Waals surface area (Å²) in [4.78, 5) is 67.0. The molecule has 59 heavy (non-hydrogen) atoms. The number of sulfonamides is 1. The molecule has 3 fully saturated rings. The summed E-state index contributed by atoms with van der Waals surface area (Å²) in [6, 6.07) is 1.71. The topological polar surface area (TPSA) is 197 Å². The van der Waals surface area contributed by atoms with Gasteiger partial charge in [0.05, 0.1) is 29.9 Å². The van der Waals surface area contributed by atoms with E-state index in [4.69, 9.17) is 19.4 Å². The van der Waals surface area contributed by atoms with Crippen molar-refractivity contribution in [2.75, 3.05) is 13.7 Å². The molecule has 2 aromatic rings. The Hall–Kier alpha value is -4.68. The zero-order valence-electron chi connectivity index (χ0n) is 34.2.